The molecule has 1 aromatic carbocycles. The molecule has 2 N–H and O–H groups in total. The highest BCUT2D eigenvalue weighted by atomic mass is 16.2. The van der Waals surface area contributed by atoms with Crippen molar-refractivity contribution in [1.29, 1.82) is 0 Å². The lowest BCUT2D eigenvalue weighted by Crippen LogP contribution is -2.21. The second-order valence-electron chi connectivity index (χ2n) is 3.41. The molecule has 0 unspecified atom stereocenters. The van der Waals surface area contributed by atoms with Crippen molar-refractivity contribution in [2.45, 2.75) is 18.9 Å². The molecule has 0 bridgehead atoms. The summed E-state index contributed by atoms with van der Waals surface area (Å²) in [7, 11) is 0. The zero-order chi connectivity index (χ0) is 10.9. The van der Waals surface area contributed by atoms with Crippen molar-refractivity contribution < 1.29 is 5.11 Å². The standard InChI is InChI=1S/C13H17NO/c1-2-10-14-13(9-6-11-15)12-7-4-3-5-8-12/h1,3-5,7-8,13-15H,6,9-11H2/t13-/m0/s1. The summed E-state index contributed by atoms with van der Waals surface area (Å²) in [4.78, 5) is 0. The number of aliphatic hydroxyl groups excluding tert-OH is 1. The van der Waals surface area contributed by atoms with Gasteiger partial charge in [-0.1, -0.05) is 36.3 Å². The molecule has 0 amide bonds. The molecule has 0 aromatic heterocycles. The van der Waals surface area contributed by atoms with E-state index in [0.29, 0.717) is 6.54 Å². The Labute approximate surface area is 91.3 Å². The van der Waals surface area contributed by atoms with Gasteiger partial charge in [-0.3, -0.25) is 5.32 Å². The van der Waals surface area contributed by atoms with Crippen LogP contribution in [-0.2, 0) is 0 Å². The van der Waals surface area contributed by atoms with Crippen LogP contribution in [0.1, 0.15) is 24.4 Å². The third-order valence-electron chi connectivity index (χ3n) is 2.30. The number of benzene rings is 1. The molecule has 0 aliphatic rings. The van der Waals surface area contributed by atoms with Crippen molar-refractivity contribution in [2.75, 3.05) is 13.2 Å². The van der Waals surface area contributed by atoms with Gasteiger partial charge in [0.25, 0.3) is 0 Å². The number of hydrogen-bond donors (Lipinski definition) is 2. The lowest BCUT2D eigenvalue weighted by Gasteiger charge is -2.17. The van der Waals surface area contributed by atoms with Gasteiger partial charge in [-0.25, -0.2) is 0 Å². The Bertz CT molecular complexity index is 302. The first-order valence-electron chi connectivity index (χ1n) is 5.21. The average Bonchev–Trinajstić information content (AvgIpc) is 2.30. The van der Waals surface area contributed by atoms with Crippen LogP contribution in [-0.4, -0.2) is 18.3 Å². The molecular weight excluding hydrogens is 186 g/mol. The third-order valence-corrected chi connectivity index (χ3v) is 2.30. The molecule has 0 radical (unpaired) electrons. The molecule has 0 spiro atoms. The summed E-state index contributed by atoms with van der Waals surface area (Å²) < 4.78 is 0. The van der Waals surface area contributed by atoms with Gasteiger partial charge in [0, 0.05) is 12.6 Å². The zero-order valence-electron chi connectivity index (χ0n) is 8.82. The van der Waals surface area contributed by atoms with E-state index in [1.54, 1.807) is 0 Å². The highest BCUT2D eigenvalue weighted by Gasteiger charge is 2.08. The first-order valence-corrected chi connectivity index (χ1v) is 5.21. The molecular formula is C13H17NO. The van der Waals surface area contributed by atoms with Crippen molar-refractivity contribution >= 4 is 0 Å². The van der Waals surface area contributed by atoms with Gasteiger partial charge in [-0.05, 0) is 18.4 Å². The molecule has 0 fully saturated rings. The van der Waals surface area contributed by atoms with Gasteiger partial charge in [0.05, 0.1) is 6.54 Å². The molecule has 0 saturated carbocycles. The fraction of sp³-hybridized carbons (Fsp3) is 0.385. The van der Waals surface area contributed by atoms with Crippen LogP contribution in [0.4, 0.5) is 0 Å². The van der Waals surface area contributed by atoms with Crippen molar-refractivity contribution in [3.05, 3.63) is 35.9 Å². The summed E-state index contributed by atoms with van der Waals surface area (Å²) in [6, 6.07) is 10.4. The van der Waals surface area contributed by atoms with E-state index in [0.717, 1.165) is 12.8 Å². The smallest absolute Gasteiger partial charge is 0.0578 e. The van der Waals surface area contributed by atoms with E-state index < -0.39 is 0 Å². The van der Waals surface area contributed by atoms with Crippen LogP contribution in [0, 0.1) is 12.3 Å². The zero-order valence-corrected chi connectivity index (χ0v) is 8.82. The molecule has 0 saturated heterocycles. The summed E-state index contributed by atoms with van der Waals surface area (Å²) in [5, 5.41) is 12.1. The number of nitrogens with one attached hydrogen (secondary N) is 1. The Balaban J connectivity index is 2.59. The Kier molecular flexibility index (Phi) is 5.54. The van der Waals surface area contributed by atoms with Crippen LogP contribution in [0.2, 0.25) is 0 Å². The largest absolute Gasteiger partial charge is 0.396 e. The molecule has 0 aliphatic heterocycles. The molecule has 1 atom stereocenters. The summed E-state index contributed by atoms with van der Waals surface area (Å²) >= 11 is 0. The van der Waals surface area contributed by atoms with Crippen molar-refractivity contribution in [1.82, 2.24) is 5.32 Å². The predicted octanol–water partition coefficient (Wildman–Crippen LogP) is 1.72. The van der Waals surface area contributed by atoms with Gasteiger partial charge < -0.3 is 5.11 Å². The minimum absolute atomic E-state index is 0.223. The monoisotopic (exact) mass is 203 g/mol. The Hall–Kier alpha value is -1.30. The van der Waals surface area contributed by atoms with Gasteiger partial charge in [-0.2, -0.15) is 0 Å². The van der Waals surface area contributed by atoms with Crippen molar-refractivity contribution in [2.24, 2.45) is 0 Å². The van der Waals surface area contributed by atoms with Gasteiger partial charge in [0.15, 0.2) is 0 Å². The van der Waals surface area contributed by atoms with Crippen LogP contribution < -0.4 is 5.32 Å². The van der Waals surface area contributed by atoms with Crippen LogP contribution in [0.15, 0.2) is 30.3 Å². The predicted molar refractivity (Wildman–Crippen MR) is 62.3 cm³/mol. The fourth-order valence-corrected chi connectivity index (χ4v) is 1.55. The molecule has 2 nitrogen and oxygen atoms in total. The first-order chi connectivity index (χ1) is 7.38. The Morgan fingerprint density at radius 1 is 1.33 bits per heavy atom. The Morgan fingerprint density at radius 3 is 2.67 bits per heavy atom. The summed E-state index contributed by atoms with van der Waals surface area (Å²) in [6.07, 6.45) is 6.92. The van der Waals surface area contributed by atoms with Crippen molar-refractivity contribution in [3.63, 3.8) is 0 Å². The van der Waals surface area contributed by atoms with E-state index in [1.165, 1.54) is 5.56 Å². The molecule has 0 aliphatic carbocycles. The summed E-state index contributed by atoms with van der Waals surface area (Å²) in [6.45, 7) is 0.784. The second-order valence-corrected chi connectivity index (χ2v) is 3.41. The van der Waals surface area contributed by atoms with Crippen LogP contribution in [0.25, 0.3) is 0 Å². The van der Waals surface area contributed by atoms with Crippen molar-refractivity contribution in [3.8, 4) is 12.3 Å². The minimum Gasteiger partial charge on any atom is -0.396 e. The molecule has 1 rings (SSSR count). The number of hydrogen-bond acceptors (Lipinski definition) is 2. The SMILES string of the molecule is C#CCN[C@@H](CCCO)c1ccccc1. The first kappa shape index (κ1) is 11.8. The maximum absolute atomic E-state index is 8.82. The van der Waals surface area contributed by atoms with E-state index in [2.05, 4.69) is 23.4 Å². The van der Waals surface area contributed by atoms with Gasteiger partial charge in [-0.15, -0.1) is 6.42 Å². The van der Waals surface area contributed by atoms with E-state index >= 15 is 0 Å². The molecule has 80 valence electrons. The highest BCUT2D eigenvalue weighted by Crippen LogP contribution is 2.17. The number of terminal acetylenes is 1. The van der Waals surface area contributed by atoms with E-state index in [-0.39, 0.29) is 12.6 Å². The Morgan fingerprint density at radius 2 is 2.07 bits per heavy atom. The van der Waals surface area contributed by atoms with Crippen LogP contribution >= 0.6 is 0 Å². The molecule has 15 heavy (non-hydrogen) atoms. The van der Waals surface area contributed by atoms with E-state index in [4.69, 9.17) is 11.5 Å². The van der Waals surface area contributed by atoms with Gasteiger partial charge in [0.1, 0.15) is 0 Å². The second kappa shape index (κ2) is 7.05. The average molecular weight is 203 g/mol. The summed E-state index contributed by atoms with van der Waals surface area (Å²) in [5.41, 5.74) is 1.22. The summed E-state index contributed by atoms with van der Waals surface area (Å²) in [5.74, 6) is 2.57. The van der Waals surface area contributed by atoms with Gasteiger partial charge >= 0.3 is 0 Å². The van der Waals surface area contributed by atoms with Crippen LogP contribution in [0.5, 0.6) is 0 Å². The van der Waals surface area contributed by atoms with E-state index in [1.807, 2.05) is 18.2 Å². The normalized spacial score (nSPS) is 12.0. The molecule has 2 heteroatoms. The maximum Gasteiger partial charge on any atom is 0.0578 e. The molecule has 0 heterocycles. The molecule has 1 aromatic rings. The van der Waals surface area contributed by atoms with E-state index in [9.17, 15) is 0 Å². The highest BCUT2D eigenvalue weighted by molar-refractivity contribution is 5.19. The number of rotatable bonds is 6. The lowest BCUT2D eigenvalue weighted by molar-refractivity contribution is 0.276. The minimum atomic E-state index is 0.223. The lowest BCUT2D eigenvalue weighted by atomic mass is 10.0. The fourth-order valence-electron chi connectivity index (χ4n) is 1.55. The maximum atomic E-state index is 8.82. The number of aliphatic hydroxyl groups is 1. The topological polar surface area (TPSA) is 32.3 Å². The quantitative estimate of drug-likeness (QED) is 0.690. The van der Waals surface area contributed by atoms with Gasteiger partial charge in [0.2, 0.25) is 0 Å². The van der Waals surface area contributed by atoms with Crippen LogP contribution in [0.3, 0.4) is 0 Å². The third kappa shape index (κ3) is 4.16.